The van der Waals surface area contributed by atoms with Gasteiger partial charge < -0.3 is 20.1 Å². The normalized spacial score (nSPS) is 13.7. The number of nitrogens with one attached hydrogen (secondary N) is 1. The van der Waals surface area contributed by atoms with Gasteiger partial charge in [0.05, 0.1) is 13.2 Å². The number of allylic oxidation sites excluding steroid dienone is 6. The minimum atomic E-state index is -4.41. The Morgan fingerprint density at radius 1 is 0.585 bits per heavy atom. The van der Waals surface area contributed by atoms with E-state index in [4.69, 9.17) is 13.8 Å². The van der Waals surface area contributed by atoms with Gasteiger partial charge in [-0.05, 0) is 51.4 Å². The van der Waals surface area contributed by atoms with E-state index in [-0.39, 0.29) is 32.1 Å². The molecule has 0 aliphatic rings. The van der Waals surface area contributed by atoms with Crippen molar-refractivity contribution in [1.29, 1.82) is 0 Å². The molecule has 0 radical (unpaired) electrons. The number of phosphoric acid groups is 1. The Morgan fingerprint density at radius 2 is 1.02 bits per heavy atom. The van der Waals surface area contributed by atoms with Crippen molar-refractivity contribution in [3.05, 3.63) is 36.5 Å². The summed E-state index contributed by atoms with van der Waals surface area (Å²) < 4.78 is 26.8. The standard InChI is InChI=1S/C43H80NO8P/c1-3-5-7-9-11-13-14-15-16-17-18-19-20-21-22-23-24-25-26-28-29-31-33-35-42(46)44-37-38-51-53(48,49)52-40-41(45)39-50-43(47)36-34-32-30-27-12-10-8-6-4-2/h11,13,15-16,18-19,41,45H,3-10,12,14,17,20-40H2,1-2H3,(H,44,46)(H,48,49)/b13-11-,16-15-,19-18-. The molecule has 0 aromatic carbocycles. The fourth-order valence-electron chi connectivity index (χ4n) is 5.80. The lowest BCUT2D eigenvalue weighted by atomic mass is 10.0. The molecule has 0 saturated carbocycles. The molecule has 10 heteroatoms. The number of rotatable bonds is 40. The molecule has 0 aliphatic heterocycles. The Kier molecular flexibility index (Phi) is 38.6. The molecule has 0 aromatic heterocycles. The second-order valence-corrected chi connectivity index (χ2v) is 15.8. The second-order valence-electron chi connectivity index (χ2n) is 14.3. The lowest BCUT2D eigenvalue weighted by molar-refractivity contribution is -0.147. The Balaban J connectivity index is 3.57. The molecule has 310 valence electrons. The Morgan fingerprint density at radius 3 is 1.57 bits per heavy atom. The van der Waals surface area contributed by atoms with Crippen molar-refractivity contribution in [2.24, 2.45) is 0 Å². The fourth-order valence-corrected chi connectivity index (χ4v) is 6.56. The van der Waals surface area contributed by atoms with E-state index in [0.717, 1.165) is 51.4 Å². The minimum absolute atomic E-state index is 0.0801. The summed E-state index contributed by atoms with van der Waals surface area (Å²) in [6.07, 6.45) is 43.7. The van der Waals surface area contributed by atoms with Crippen molar-refractivity contribution in [3.63, 3.8) is 0 Å². The number of phosphoric ester groups is 1. The van der Waals surface area contributed by atoms with E-state index in [2.05, 4.69) is 55.6 Å². The summed E-state index contributed by atoms with van der Waals surface area (Å²) in [5.74, 6) is -0.521. The second kappa shape index (κ2) is 39.9. The van der Waals surface area contributed by atoms with Crippen LogP contribution >= 0.6 is 7.82 Å². The van der Waals surface area contributed by atoms with Crippen LogP contribution in [0.5, 0.6) is 0 Å². The molecule has 0 aromatic rings. The highest BCUT2D eigenvalue weighted by Gasteiger charge is 2.23. The predicted octanol–water partition coefficient (Wildman–Crippen LogP) is 11.8. The summed E-state index contributed by atoms with van der Waals surface area (Å²) in [7, 11) is -4.41. The topological polar surface area (TPSA) is 131 Å². The average molecular weight is 770 g/mol. The number of aliphatic hydroxyl groups excluding tert-OH is 1. The maximum atomic E-state index is 12.1. The number of aliphatic hydroxyl groups is 1. The van der Waals surface area contributed by atoms with Crippen LogP contribution in [0.1, 0.15) is 194 Å². The smallest absolute Gasteiger partial charge is 0.463 e. The highest BCUT2D eigenvalue weighted by molar-refractivity contribution is 7.47. The molecule has 9 nitrogen and oxygen atoms in total. The van der Waals surface area contributed by atoms with Gasteiger partial charge in [0.25, 0.3) is 0 Å². The van der Waals surface area contributed by atoms with E-state index in [1.165, 1.54) is 116 Å². The molecule has 3 N–H and O–H groups in total. The Hall–Kier alpha value is -1.77. The van der Waals surface area contributed by atoms with Gasteiger partial charge in [-0.15, -0.1) is 0 Å². The third-order valence-electron chi connectivity index (χ3n) is 9.07. The molecule has 0 rings (SSSR count). The number of esters is 1. The molecule has 0 aliphatic carbocycles. The SMILES string of the molecule is CCCCC/C=C\C/C=C\C/C=C\CCCCCCCCCCCCC(=O)NCCOP(=O)(O)OCC(O)COC(=O)CCCCCCCCCCC. The van der Waals surface area contributed by atoms with E-state index in [1.807, 2.05) is 0 Å². The van der Waals surface area contributed by atoms with E-state index >= 15 is 0 Å². The first kappa shape index (κ1) is 51.2. The van der Waals surface area contributed by atoms with Crippen LogP contribution in [0.4, 0.5) is 0 Å². The van der Waals surface area contributed by atoms with E-state index in [9.17, 15) is 24.2 Å². The summed E-state index contributed by atoms with van der Waals surface area (Å²) >= 11 is 0. The number of carbonyl (C=O) groups excluding carboxylic acids is 2. The molecule has 1 amide bonds. The van der Waals surface area contributed by atoms with Crippen LogP contribution in [-0.2, 0) is 27.9 Å². The fraction of sp³-hybridized carbons (Fsp3) is 0.814. The van der Waals surface area contributed by atoms with Gasteiger partial charge in [-0.2, -0.15) is 0 Å². The molecular formula is C43H80NO8P. The molecule has 2 atom stereocenters. The van der Waals surface area contributed by atoms with Crippen molar-refractivity contribution in [2.45, 2.75) is 200 Å². The van der Waals surface area contributed by atoms with Gasteiger partial charge >= 0.3 is 13.8 Å². The summed E-state index contributed by atoms with van der Waals surface area (Å²) in [5.41, 5.74) is 0. The zero-order chi connectivity index (χ0) is 38.9. The maximum Gasteiger partial charge on any atom is 0.472 e. The molecule has 0 fully saturated rings. The van der Waals surface area contributed by atoms with Crippen LogP contribution in [0.25, 0.3) is 0 Å². The highest BCUT2D eigenvalue weighted by Crippen LogP contribution is 2.42. The summed E-state index contributed by atoms with van der Waals surface area (Å²) in [4.78, 5) is 33.8. The van der Waals surface area contributed by atoms with Crippen LogP contribution in [-0.4, -0.2) is 54.3 Å². The molecule has 0 spiro atoms. The zero-order valence-electron chi connectivity index (χ0n) is 34.0. The van der Waals surface area contributed by atoms with Crippen LogP contribution in [0.3, 0.4) is 0 Å². The largest absolute Gasteiger partial charge is 0.472 e. The van der Waals surface area contributed by atoms with Gasteiger partial charge in [-0.25, -0.2) is 4.57 Å². The summed E-state index contributed by atoms with van der Waals surface area (Å²) in [5, 5.41) is 12.6. The van der Waals surface area contributed by atoms with Crippen molar-refractivity contribution >= 4 is 19.7 Å². The number of hydrogen-bond donors (Lipinski definition) is 3. The monoisotopic (exact) mass is 770 g/mol. The Labute approximate surface area is 324 Å². The van der Waals surface area contributed by atoms with Gasteiger partial charge in [-0.3, -0.25) is 18.6 Å². The van der Waals surface area contributed by atoms with Crippen molar-refractivity contribution in [3.8, 4) is 0 Å². The average Bonchev–Trinajstić information content (AvgIpc) is 3.14. The zero-order valence-corrected chi connectivity index (χ0v) is 34.9. The molecule has 2 unspecified atom stereocenters. The number of unbranched alkanes of at least 4 members (excludes halogenated alkanes) is 21. The molecule has 0 heterocycles. The third kappa shape index (κ3) is 41.2. The highest BCUT2D eigenvalue weighted by atomic mass is 31.2. The Bertz CT molecular complexity index is 970. The molecule has 0 bridgehead atoms. The molecule has 0 saturated heterocycles. The van der Waals surface area contributed by atoms with Crippen LogP contribution in [0.2, 0.25) is 0 Å². The van der Waals surface area contributed by atoms with Gasteiger partial charge in [-0.1, -0.05) is 166 Å². The minimum Gasteiger partial charge on any atom is -0.463 e. The predicted molar refractivity (Wildman–Crippen MR) is 220 cm³/mol. The van der Waals surface area contributed by atoms with Crippen molar-refractivity contribution in [2.75, 3.05) is 26.4 Å². The van der Waals surface area contributed by atoms with Crippen LogP contribution in [0.15, 0.2) is 36.5 Å². The molecule has 53 heavy (non-hydrogen) atoms. The van der Waals surface area contributed by atoms with E-state index < -0.39 is 26.5 Å². The first-order valence-electron chi connectivity index (χ1n) is 21.5. The third-order valence-corrected chi connectivity index (χ3v) is 10.1. The van der Waals surface area contributed by atoms with Crippen molar-refractivity contribution in [1.82, 2.24) is 5.32 Å². The number of carbonyl (C=O) groups is 2. The van der Waals surface area contributed by atoms with E-state index in [1.54, 1.807) is 0 Å². The van der Waals surface area contributed by atoms with Gasteiger partial charge in [0.2, 0.25) is 5.91 Å². The first-order chi connectivity index (χ1) is 25.8. The number of hydrogen-bond acceptors (Lipinski definition) is 7. The summed E-state index contributed by atoms with van der Waals surface area (Å²) in [6, 6.07) is 0. The number of amides is 1. The lowest BCUT2D eigenvalue weighted by Gasteiger charge is -2.15. The van der Waals surface area contributed by atoms with E-state index in [0.29, 0.717) is 6.42 Å². The van der Waals surface area contributed by atoms with Gasteiger partial charge in [0.15, 0.2) is 0 Å². The van der Waals surface area contributed by atoms with Crippen LogP contribution < -0.4 is 5.32 Å². The first-order valence-corrected chi connectivity index (χ1v) is 23.0. The lowest BCUT2D eigenvalue weighted by Crippen LogP contribution is -2.27. The quantitative estimate of drug-likeness (QED) is 0.0243. The van der Waals surface area contributed by atoms with Gasteiger partial charge in [0.1, 0.15) is 12.7 Å². The molecular weight excluding hydrogens is 689 g/mol. The van der Waals surface area contributed by atoms with Crippen molar-refractivity contribution < 1.29 is 37.9 Å². The summed E-state index contributed by atoms with van der Waals surface area (Å²) in [6.45, 7) is 3.50. The maximum absolute atomic E-state index is 12.1. The van der Waals surface area contributed by atoms with Crippen LogP contribution in [0, 0.1) is 0 Å². The van der Waals surface area contributed by atoms with Gasteiger partial charge in [0, 0.05) is 19.4 Å². The number of ether oxygens (including phenoxy) is 1.